The molecule has 0 radical (unpaired) electrons. The van der Waals surface area contributed by atoms with Gasteiger partial charge in [-0.05, 0) is 65.1 Å². The van der Waals surface area contributed by atoms with Crippen LogP contribution in [0.2, 0.25) is 0 Å². The van der Waals surface area contributed by atoms with Crippen molar-refractivity contribution in [2.24, 2.45) is 0 Å². The maximum atomic E-state index is 13.6. The molecule has 102 valence electrons. The smallest absolute Gasteiger partial charge is 0.257 e. The van der Waals surface area contributed by atoms with E-state index < -0.39 is 5.82 Å². The Kier molecular flexibility index (Phi) is 5.02. The molecule has 2 aromatic rings. The molecule has 0 atom stereocenters. The second kappa shape index (κ2) is 6.76. The molecule has 0 unspecified atom stereocenters. The normalized spacial score (nSPS) is 9.90. The summed E-state index contributed by atoms with van der Waals surface area (Å²) in [4.78, 5) is 11.9. The Morgan fingerprint density at radius 2 is 1.85 bits per heavy atom. The third-order valence-electron chi connectivity index (χ3n) is 2.44. The third-order valence-corrected chi connectivity index (χ3v) is 3.32. The Labute approximate surface area is 134 Å². The average molecular weight is 400 g/mol. The molecule has 1 amide bonds. The van der Waals surface area contributed by atoms with E-state index in [9.17, 15) is 9.18 Å². The summed E-state index contributed by atoms with van der Waals surface area (Å²) >= 11 is 7.01. The molecule has 0 saturated heterocycles. The van der Waals surface area contributed by atoms with Crippen molar-refractivity contribution in [2.45, 2.75) is 0 Å². The number of rotatable bonds is 2. The molecule has 0 fully saturated rings. The molecule has 0 aliphatic carbocycles. The van der Waals surface area contributed by atoms with Crippen LogP contribution < -0.4 is 10.6 Å². The van der Waals surface area contributed by atoms with E-state index in [-0.39, 0.29) is 16.7 Å². The van der Waals surface area contributed by atoms with Crippen molar-refractivity contribution in [2.75, 3.05) is 5.32 Å². The molecule has 2 N–H and O–H groups in total. The first kappa shape index (κ1) is 14.9. The summed E-state index contributed by atoms with van der Waals surface area (Å²) in [5, 5.41) is 5.21. The van der Waals surface area contributed by atoms with Gasteiger partial charge in [-0.3, -0.25) is 10.1 Å². The first-order valence-electron chi connectivity index (χ1n) is 5.68. The standard InChI is InChI=1S/C14H10FIN2OS/c15-11-8-10(16)6-7-12(11)17-14(20)18-13(19)9-4-2-1-3-5-9/h1-8H,(H2,17,18,19,20). The fraction of sp³-hybridized carbons (Fsp3) is 0. The van der Waals surface area contributed by atoms with Crippen LogP contribution in [0.25, 0.3) is 0 Å². The van der Waals surface area contributed by atoms with Gasteiger partial charge in [-0.2, -0.15) is 0 Å². The number of anilines is 1. The van der Waals surface area contributed by atoms with Gasteiger partial charge < -0.3 is 5.32 Å². The highest BCUT2D eigenvalue weighted by Crippen LogP contribution is 2.16. The number of thiocarbonyl (C=S) groups is 1. The van der Waals surface area contributed by atoms with E-state index in [4.69, 9.17) is 12.2 Å². The Bertz CT molecular complexity index is 649. The lowest BCUT2D eigenvalue weighted by atomic mass is 10.2. The van der Waals surface area contributed by atoms with Crippen LogP contribution in [0.3, 0.4) is 0 Å². The van der Waals surface area contributed by atoms with Gasteiger partial charge in [-0.15, -0.1) is 0 Å². The second-order valence-corrected chi connectivity index (χ2v) is 5.55. The monoisotopic (exact) mass is 400 g/mol. The predicted molar refractivity (Wildman–Crippen MR) is 89.2 cm³/mol. The fourth-order valence-electron chi connectivity index (χ4n) is 1.51. The highest BCUT2D eigenvalue weighted by atomic mass is 127. The van der Waals surface area contributed by atoms with Crippen molar-refractivity contribution >= 4 is 51.5 Å². The molecule has 20 heavy (non-hydrogen) atoms. The average Bonchev–Trinajstić information content (AvgIpc) is 2.43. The molecule has 3 nitrogen and oxygen atoms in total. The zero-order valence-electron chi connectivity index (χ0n) is 10.2. The van der Waals surface area contributed by atoms with Gasteiger partial charge in [0.1, 0.15) is 5.82 Å². The molecule has 0 saturated carbocycles. The van der Waals surface area contributed by atoms with E-state index in [1.54, 1.807) is 36.4 Å². The van der Waals surface area contributed by atoms with Gasteiger partial charge in [0.25, 0.3) is 5.91 Å². The highest BCUT2D eigenvalue weighted by molar-refractivity contribution is 14.1. The van der Waals surface area contributed by atoms with Crippen molar-refractivity contribution in [3.63, 3.8) is 0 Å². The van der Waals surface area contributed by atoms with E-state index in [1.165, 1.54) is 6.07 Å². The van der Waals surface area contributed by atoms with E-state index in [2.05, 4.69) is 10.6 Å². The molecule has 0 aliphatic rings. The molecule has 0 aliphatic heterocycles. The SMILES string of the molecule is O=C(NC(=S)Nc1ccc(I)cc1F)c1ccccc1. The number of carbonyl (C=O) groups is 1. The van der Waals surface area contributed by atoms with Crippen LogP contribution in [0.1, 0.15) is 10.4 Å². The summed E-state index contributed by atoms with van der Waals surface area (Å²) in [6.45, 7) is 0. The van der Waals surface area contributed by atoms with Gasteiger partial charge in [-0.1, -0.05) is 18.2 Å². The van der Waals surface area contributed by atoms with Gasteiger partial charge in [0.15, 0.2) is 5.11 Å². The zero-order chi connectivity index (χ0) is 14.5. The molecule has 0 aromatic heterocycles. The molecule has 0 bridgehead atoms. The van der Waals surface area contributed by atoms with E-state index in [1.807, 2.05) is 28.7 Å². The largest absolute Gasteiger partial charge is 0.330 e. The summed E-state index contributed by atoms with van der Waals surface area (Å²) in [5.41, 5.74) is 0.712. The fourth-order valence-corrected chi connectivity index (χ4v) is 2.17. The molecule has 2 aromatic carbocycles. The van der Waals surface area contributed by atoms with E-state index in [0.29, 0.717) is 5.56 Å². The number of carbonyl (C=O) groups excluding carboxylic acids is 1. The minimum atomic E-state index is -0.423. The maximum absolute atomic E-state index is 13.6. The Morgan fingerprint density at radius 3 is 2.50 bits per heavy atom. The Balaban J connectivity index is 2.01. The van der Waals surface area contributed by atoms with Crippen molar-refractivity contribution < 1.29 is 9.18 Å². The summed E-state index contributed by atoms with van der Waals surface area (Å²) in [6.07, 6.45) is 0. The van der Waals surface area contributed by atoms with Crippen LogP contribution >= 0.6 is 34.8 Å². The third kappa shape index (κ3) is 3.97. The maximum Gasteiger partial charge on any atom is 0.257 e. The number of halogens is 2. The number of hydrogen-bond acceptors (Lipinski definition) is 2. The van der Waals surface area contributed by atoms with Crippen LogP contribution in [0.4, 0.5) is 10.1 Å². The van der Waals surface area contributed by atoms with Crippen LogP contribution in [-0.4, -0.2) is 11.0 Å². The molecule has 6 heteroatoms. The van der Waals surface area contributed by atoms with Crippen molar-refractivity contribution in [1.29, 1.82) is 0 Å². The minimum Gasteiger partial charge on any atom is -0.330 e. The number of nitrogens with one attached hydrogen (secondary N) is 2. The lowest BCUT2D eigenvalue weighted by Gasteiger charge is -2.10. The summed E-state index contributed by atoms with van der Waals surface area (Å²) < 4.78 is 14.4. The van der Waals surface area contributed by atoms with Crippen molar-refractivity contribution in [1.82, 2.24) is 5.32 Å². The minimum absolute atomic E-state index is 0.0546. The van der Waals surface area contributed by atoms with Crippen molar-refractivity contribution in [3.05, 3.63) is 63.5 Å². The summed E-state index contributed by atoms with van der Waals surface area (Å²) in [7, 11) is 0. The van der Waals surface area contributed by atoms with Crippen LogP contribution in [0, 0.1) is 9.39 Å². The molecule has 0 heterocycles. The number of amides is 1. The van der Waals surface area contributed by atoms with Crippen molar-refractivity contribution in [3.8, 4) is 0 Å². The van der Waals surface area contributed by atoms with Gasteiger partial charge in [-0.25, -0.2) is 4.39 Å². The van der Waals surface area contributed by atoms with Gasteiger partial charge in [0.05, 0.1) is 5.69 Å². The van der Waals surface area contributed by atoms with Crippen LogP contribution in [-0.2, 0) is 0 Å². The molecule has 2 rings (SSSR count). The Morgan fingerprint density at radius 1 is 1.15 bits per heavy atom. The summed E-state index contributed by atoms with van der Waals surface area (Å²) in [5.74, 6) is -0.762. The van der Waals surface area contributed by atoms with Crippen LogP contribution in [0.15, 0.2) is 48.5 Å². The number of benzene rings is 2. The van der Waals surface area contributed by atoms with Gasteiger partial charge in [0.2, 0.25) is 0 Å². The topological polar surface area (TPSA) is 41.1 Å². The lowest BCUT2D eigenvalue weighted by molar-refractivity contribution is 0.0977. The van der Waals surface area contributed by atoms with Crippen LogP contribution in [0.5, 0.6) is 0 Å². The Hall–Kier alpha value is -1.54. The van der Waals surface area contributed by atoms with Gasteiger partial charge >= 0.3 is 0 Å². The van der Waals surface area contributed by atoms with E-state index >= 15 is 0 Å². The second-order valence-electron chi connectivity index (χ2n) is 3.90. The highest BCUT2D eigenvalue weighted by Gasteiger charge is 2.09. The molecular formula is C14H10FIN2OS. The first-order chi connectivity index (χ1) is 9.56. The first-order valence-corrected chi connectivity index (χ1v) is 7.17. The molecular weight excluding hydrogens is 390 g/mol. The van der Waals surface area contributed by atoms with Gasteiger partial charge in [0, 0.05) is 9.13 Å². The predicted octanol–water partition coefficient (Wildman–Crippen LogP) is 3.56. The zero-order valence-corrected chi connectivity index (χ0v) is 13.2. The number of hydrogen-bond donors (Lipinski definition) is 2. The summed E-state index contributed by atoms with van der Waals surface area (Å²) in [6, 6.07) is 13.4. The quantitative estimate of drug-likeness (QED) is 0.599. The molecule has 0 spiro atoms. The van der Waals surface area contributed by atoms with E-state index in [0.717, 1.165) is 3.57 Å². The lowest BCUT2D eigenvalue weighted by Crippen LogP contribution is -2.34.